The number of benzene rings is 1. The molecule has 2 amide bonds. The van der Waals surface area contributed by atoms with Crippen LogP contribution in [0.1, 0.15) is 42.6 Å². The minimum atomic E-state index is -0.308. The van der Waals surface area contributed by atoms with Crippen molar-refractivity contribution in [1.82, 2.24) is 9.80 Å². The van der Waals surface area contributed by atoms with Crippen LogP contribution >= 0.6 is 0 Å². The summed E-state index contributed by atoms with van der Waals surface area (Å²) in [5, 5.41) is 0. The SMILES string of the molecule is CCN(CC)Cc1ccc(C(=O)N2CCC[C@@H](C(N)=O)C2)cc1. The Kier molecular flexibility index (Phi) is 6.16. The molecule has 1 heterocycles. The van der Waals surface area contributed by atoms with Gasteiger partial charge in [-0.1, -0.05) is 26.0 Å². The van der Waals surface area contributed by atoms with Gasteiger partial charge in [0.25, 0.3) is 5.91 Å². The lowest BCUT2D eigenvalue weighted by atomic mass is 9.97. The zero-order valence-electron chi connectivity index (χ0n) is 14.1. The van der Waals surface area contributed by atoms with Crippen molar-refractivity contribution in [1.29, 1.82) is 0 Å². The van der Waals surface area contributed by atoms with Crippen molar-refractivity contribution >= 4 is 11.8 Å². The molecule has 1 aromatic rings. The first-order valence-electron chi connectivity index (χ1n) is 8.45. The molecular formula is C18H27N3O2. The zero-order chi connectivity index (χ0) is 16.8. The van der Waals surface area contributed by atoms with Gasteiger partial charge in [-0.25, -0.2) is 0 Å². The molecule has 2 N–H and O–H groups in total. The molecule has 23 heavy (non-hydrogen) atoms. The smallest absolute Gasteiger partial charge is 0.253 e. The van der Waals surface area contributed by atoms with E-state index < -0.39 is 0 Å². The lowest BCUT2D eigenvalue weighted by molar-refractivity contribution is -0.123. The highest BCUT2D eigenvalue weighted by Crippen LogP contribution is 2.19. The van der Waals surface area contributed by atoms with Crippen molar-refractivity contribution in [2.24, 2.45) is 11.7 Å². The highest BCUT2D eigenvalue weighted by molar-refractivity contribution is 5.94. The number of likely N-dealkylation sites (tertiary alicyclic amines) is 1. The van der Waals surface area contributed by atoms with Crippen LogP contribution in [-0.4, -0.2) is 47.8 Å². The largest absolute Gasteiger partial charge is 0.369 e. The highest BCUT2D eigenvalue weighted by atomic mass is 16.2. The quantitative estimate of drug-likeness (QED) is 0.871. The molecule has 0 bridgehead atoms. The third kappa shape index (κ3) is 4.55. The Morgan fingerprint density at radius 1 is 1.22 bits per heavy atom. The Morgan fingerprint density at radius 2 is 1.87 bits per heavy atom. The third-order valence-corrected chi connectivity index (χ3v) is 4.61. The maximum absolute atomic E-state index is 12.6. The maximum atomic E-state index is 12.6. The van der Waals surface area contributed by atoms with Gasteiger partial charge in [0.05, 0.1) is 5.92 Å². The number of nitrogens with zero attached hydrogens (tertiary/aromatic N) is 2. The molecule has 0 aromatic heterocycles. The molecule has 0 radical (unpaired) electrons. The normalized spacial score (nSPS) is 18.2. The molecular weight excluding hydrogens is 290 g/mol. The molecule has 1 atom stereocenters. The first kappa shape index (κ1) is 17.5. The molecule has 1 aliphatic heterocycles. The van der Waals surface area contributed by atoms with Gasteiger partial charge in [0.1, 0.15) is 0 Å². The second kappa shape index (κ2) is 8.11. The van der Waals surface area contributed by atoms with Gasteiger partial charge in [0, 0.05) is 25.2 Å². The van der Waals surface area contributed by atoms with E-state index in [9.17, 15) is 9.59 Å². The topological polar surface area (TPSA) is 66.6 Å². The van der Waals surface area contributed by atoms with Crippen molar-refractivity contribution in [2.45, 2.75) is 33.2 Å². The van der Waals surface area contributed by atoms with Crippen LogP contribution in [0.2, 0.25) is 0 Å². The zero-order valence-corrected chi connectivity index (χ0v) is 14.1. The van der Waals surface area contributed by atoms with Gasteiger partial charge in [-0.15, -0.1) is 0 Å². The van der Waals surface area contributed by atoms with Crippen LogP contribution in [-0.2, 0) is 11.3 Å². The summed E-state index contributed by atoms with van der Waals surface area (Å²) in [5.41, 5.74) is 7.27. The molecule has 5 nitrogen and oxygen atoms in total. The van der Waals surface area contributed by atoms with E-state index in [1.54, 1.807) is 4.90 Å². The Balaban J connectivity index is 2.01. The third-order valence-electron chi connectivity index (χ3n) is 4.61. The van der Waals surface area contributed by atoms with Crippen LogP contribution < -0.4 is 5.73 Å². The lowest BCUT2D eigenvalue weighted by Gasteiger charge is -2.31. The van der Waals surface area contributed by atoms with Crippen molar-refractivity contribution < 1.29 is 9.59 Å². The molecule has 2 rings (SSSR count). The summed E-state index contributed by atoms with van der Waals surface area (Å²) in [6.07, 6.45) is 1.61. The summed E-state index contributed by atoms with van der Waals surface area (Å²) in [6, 6.07) is 7.80. The van der Waals surface area contributed by atoms with Gasteiger partial charge < -0.3 is 10.6 Å². The first-order chi connectivity index (χ1) is 11.0. The molecule has 1 aliphatic rings. The van der Waals surface area contributed by atoms with Crippen LogP contribution in [0, 0.1) is 5.92 Å². The van der Waals surface area contributed by atoms with Crippen molar-refractivity contribution in [3.63, 3.8) is 0 Å². The second-order valence-electron chi connectivity index (χ2n) is 6.15. The molecule has 126 valence electrons. The molecule has 0 saturated carbocycles. The standard InChI is InChI=1S/C18H27N3O2/c1-3-20(4-2)12-14-7-9-15(10-8-14)18(23)21-11-5-6-16(13-21)17(19)22/h7-10,16H,3-6,11-13H2,1-2H3,(H2,19,22)/t16-/m1/s1. The van der Waals surface area contributed by atoms with Crippen LogP contribution in [0.4, 0.5) is 0 Å². The Bertz CT molecular complexity index is 538. The fourth-order valence-corrected chi connectivity index (χ4v) is 3.03. The summed E-state index contributed by atoms with van der Waals surface area (Å²) in [7, 11) is 0. The van der Waals surface area contributed by atoms with Crippen LogP contribution in [0.3, 0.4) is 0 Å². The van der Waals surface area contributed by atoms with E-state index >= 15 is 0 Å². The molecule has 0 unspecified atom stereocenters. The minimum Gasteiger partial charge on any atom is -0.369 e. The van der Waals surface area contributed by atoms with E-state index in [4.69, 9.17) is 5.73 Å². The van der Waals surface area contributed by atoms with E-state index in [1.165, 1.54) is 5.56 Å². The molecule has 1 aromatic carbocycles. The van der Waals surface area contributed by atoms with Crippen LogP contribution in [0.15, 0.2) is 24.3 Å². The van der Waals surface area contributed by atoms with Gasteiger partial charge in [-0.2, -0.15) is 0 Å². The number of piperidine rings is 1. The molecule has 1 saturated heterocycles. The summed E-state index contributed by atoms with van der Waals surface area (Å²) in [5.74, 6) is -0.531. The number of carbonyl (C=O) groups excluding carboxylic acids is 2. The number of primary amides is 1. The number of rotatable bonds is 6. The number of hydrogen-bond donors (Lipinski definition) is 1. The Labute approximate surface area is 138 Å². The Hall–Kier alpha value is -1.88. The van der Waals surface area contributed by atoms with Gasteiger partial charge >= 0.3 is 0 Å². The summed E-state index contributed by atoms with van der Waals surface area (Å²) in [6.45, 7) is 8.35. The van der Waals surface area contributed by atoms with Gasteiger partial charge in [-0.3, -0.25) is 14.5 Å². The predicted molar refractivity (Wildman–Crippen MR) is 90.9 cm³/mol. The van der Waals surface area contributed by atoms with E-state index in [-0.39, 0.29) is 17.7 Å². The van der Waals surface area contributed by atoms with Gasteiger partial charge in [0.2, 0.25) is 5.91 Å². The van der Waals surface area contributed by atoms with Crippen molar-refractivity contribution in [3.8, 4) is 0 Å². The van der Waals surface area contributed by atoms with Crippen molar-refractivity contribution in [3.05, 3.63) is 35.4 Å². The van der Waals surface area contributed by atoms with Crippen LogP contribution in [0.25, 0.3) is 0 Å². The monoisotopic (exact) mass is 317 g/mol. The number of amides is 2. The average Bonchev–Trinajstić information content (AvgIpc) is 2.59. The summed E-state index contributed by atoms with van der Waals surface area (Å²) in [4.78, 5) is 28.0. The van der Waals surface area contributed by atoms with Crippen molar-refractivity contribution in [2.75, 3.05) is 26.2 Å². The summed E-state index contributed by atoms with van der Waals surface area (Å²) < 4.78 is 0. The molecule has 0 aliphatic carbocycles. The number of hydrogen-bond acceptors (Lipinski definition) is 3. The molecule has 1 fully saturated rings. The number of carbonyl (C=O) groups is 2. The van der Waals surface area contributed by atoms with Gasteiger partial charge in [0.15, 0.2) is 0 Å². The Morgan fingerprint density at radius 3 is 2.43 bits per heavy atom. The van der Waals surface area contributed by atoms with E-state index in [0.29, 0.717) is 18.7 Å². The number of nitrogens with two attached hydrogens (primary N) is 1. The van der Waals surface area contributed by atoms with E-state index in [1.807, 2.05) is 24.3 Å². The van der Waals surface area contributed by atoms with E-state index in [0.717, 1.165) is 32.5 Å². The fraction of sp³-hybridized carbons (Fsp3) is 0.556. The first-order valence-corrected chi connectivity index (χ1v) is 8.45. The molecule has 0 spiro atoms. The lowest BCUT2D eigenvalue weighted by Crippen LogP contribution is -2.44. The second-order valence-corrected chi connectivity index (χ2v) is 6.15. The average molecular weight is 317 g/mol. The van der Waals surface area contributed by atoms with Gasteiger partial charge in [-0.05, 0) is 43.6 Å². The maximum Gasteiger partial charge on any atom is 0.253 e. The highest BCUT2D eigenvalue weighted by Gasteiger charge is 2.27. The van der Waals surface area contributed by atoms with E-state index in [2.05, 4.69) is 18.7 Å². The minimum absolute atomic E-state index is 0.00895. The van der Waals surface area contributed by atoms with Crippen LogP contribution in [0.5, 0.6) is 0 Å². The predicted octanol–water partition coefficient (Wildman–Crippen LogP) is 1.87. The molecule has 5 heteroatoms. The summed E-state index contributed by atoms with van der Waals surface area (Å²) >= 11 is 0. The fourth-order valence-electron chi connectivity index (χ4n) is 3.03.